The van der Waals surface area contributed by atoms with E-state index in [1.54, 1.807) is 0 Å². The largest absolute Gasteiger partial charge is 0.361 e. The topological polar surface area (TPSA) is 76.8 Å². The lowest BCUT2D eigenvalue weighted by atomic mass is 9.96. The molecule has 2 aromatic carbocycles. The maximum atomic E-state index is 12.6. The van der Waals surface area contributed by atoms with Gasteiger partial charge in [-0.1, -0.05) is 30.3 Å². The molecule has 0 atom stereocenters. The summed E-state index contributed by atoms with van der Waals surface area (Å²) >= 11 is 0. The highest BCUT2D eigenvalue weighted by Crippen LogP contribution is 2.24. The molecule has 1 fully saturated rings. The van der Waals surface area contributed by atoms with Crippen LogP contribution in [-0.4, -0.2) is 40.5 Å². The summed E-state index contributed by atoms with van der Waals surface area (Å²) < 4.78 is 0. The minimum absolute atomic E-state index is 0.0820. The third-order valence-electron chi connectivity index (χ3n) is 5.91. The molecule has 0 aliphatic carbocycles. The van der Waals surface area contributed by atoms with E-state index in [9.17, 15) is 4.79 Å². The van der Waals surface area contributed by atoms with Crippen molar-refractivity contribution in [2.24, 2.45) is 5.92 Å². The summed E-state index contributed by atoms with van der Waals surface area (Å²) in [4.78, 5) is 26.2. The quantitative estimate of drug-likeness (QED) is 0.489. The summed E-state index contributed by atoms with van der Waals surface area (Å²) in [7, 11) is 0. The van der Waals surface area contributed by atoms with Crippen molar-refractivity contribution < 1.29 is 4.79 Å². The second-order valence-electron chi connectivity index (χ2n) is 7.74. The molecule has 1 aliphatic heterocycles. The van der Waals surface area contributed by atoms with E-state index in [0.29, 0.717) is 6.54 Å². The fraction of sp³-hybridized carbons (Fsp3) is 0.304. The second-order valence-corrected chi connectivity index (χ2v) is 7.74. The van der Waals surface area contributed by atoms with Gasteiger partial charge in [-0.2, -0.15) is 0 Å². The molecule has 3 heterocycles. The Morgan fingerprint density at radius 3 is 2.66 bits per heavy atom. The summed E-state index contributed by atoms with van der Waals surface area (Å²) in [5.41, 5.74) is 4.44. The van der Waals surface area contributed by atoms with Crippen molar-refractivity contribution in [1.82, 2.24) is 20.3 Å². The molecule has 2 aromatic heterocycles. The third kappa shape index (κ3) is 3.58. The SMILES string of the molecule is O=C(NCCc1c[nH]c2ccccc12)C1CCN(c2nc3ccccc3[nH]2)CC1. The van der Waals surface area contributed by atoms with Crippen LogP contribution in [0.2, 0.25) is 0 Å². The number of carbonyl (C=O) groups excluding carboxylic acids is 1. The zero-order chi connectivity index (χ0) is 19.6. The molecule has 1 aliphatic rings. The number of imidazole rings is 1. The normalized spacial score (nSPS) is 15.2. The number of para-hydroxylation sites is 3. The minimum Gasteiger partial charge on any atom is -0.361 e. The Kier molecular flexibility index (Phi) is 4.68. The zero-order valence-electron chi connectivity index (χ0n) is 16.3. The van der Waals surface area contributed by atoms with Crippen molar-refractivity contribution >= 4 is 33.8 Å². The first-order valence-electron chi connectivity index (χ1n) is 10.3. The molecular weight excluding hydrogens is 362 g/mol. The highest BCUT2D eigenvalue weighted by atomic mass is 16.1. The van der Waals surface area contributed by atoms with Crippen LogP contribution in [0.5, 0.6) is 0 Å². The Morgan fingerprint density at radius 1 is 1.07 bits per heavy atom. The number of nitrogens with one attached hydrogen (secondary N) is 3. The fourth-order valence-electron chi connectivity index (χ4n) is 4.25. The number of amides is 1. The molecule has 0 spiro atoms. The first-order chi connectivity index (χ1) is 14.3. The van der Waals surface area contributed by atoms with Gasteiger partial charge in [0.1, 0.15) is 0 Å². The summed E-state index contributed by atoms with van der Waals surface area (Å²) in [5.74, 6) is 1.16. The molecule has 1 amide bonds. The van der Waals surface area contributed by atoms with Crippen molar-refractivity contribution in [3.63, 3.8) is 0 Å². The predicted octanol–water partition coefficient (Wildman–Crippen LogP) is 3.62. The van der Waals surface area contributed by atoms with E-state index in [2.05, 4.69) is 37.3 Å². The number of aromatic nitrogens is 3. The highest BCUT2D eigenvalue weighted by molar-refractivity contribution is 5.83. The van der Waals surface area contributed by atoms with Gasteiger partial charge in [0.25, 0.3) is 0 Å². The summed E-state index contributed by atoms with van der Waals surface area (Å²) in [5, 5.41) is 4.37. The third-order valence-corrected chi connectivity index (χ3v) is 5.91. The maximum Gasteiger partial charge on any atom is 0.223 e. The van der Waals surface area contributed by atoms with E-state index >= 15 is 0 Å². The number of piperidine rings is 1. The number of hydrogen-bond donors (Lipinski definition) is 3. The van der Waals surface area contributed by atoms with Gasteiger partial charge >= 0.3 is 0 Å². The first-order valence-corrected chi connectivity index (χ1v) is 10.3. The van der Waals surface area contributed by atoms with Crippen LogP contribution in [0.15, 0.2) is 54.7 Å². The average molecular weight is 387 g/mol. The van der Waals surface area contributed by atoms with Gasteiger partial charge in [-0.25, -0.2) is 4.98 Å². The predicted molar refractivity (Wildman–Crippen MR) is 116 cm³/mol. The fourth-order valence-corrected chi connectivity index (χ4v) is 4.25. The highest BCUT2D eigenvalue weighted by Gasteiger charge is 2.26. The Hall–Kier alpha value is -3.28. The molecule has 3 N–H and O–H groups in total. The Morgan fingerprint density at radius 2 is 1.83 bits per heavy atom. The van der Waals surface area contributed by atoms with Gasteiger partial charge in [-0.05, 0) is 43.0 Å². The van der Waals surface area contributed by atoms with Gasteiger partial charge in [0.05, 0.1) is 11.0 Å². The van der Waals surface area contributed by atoms with Crippen LogP contribution >= 0.6 is 0 Å². The lowest BCUT2D eigenvalue weighted by Gasteiger charge is -2.31. The molecule has 0 unspecified atom stereocenters. The molecule has 0 saturated carbocycles. The molecule has 29 heavy (non-hydrogen) atoms. The van der Waals surface area contributed by atoms with Crippen molar-refractivity contribution in [3.8, 4) is 0 Å². The van der Waals surface area contributed by atoms with Gasteiger partial charge < -0.3 is 20.2 Å². The smallest absolute Gasteiger partial charge is 0.223 e. The van der Waals surface area contributed by atoms with E-state index in [0.717, 1.165) is 54.9 Å². The number of hydrogen-bond acceptors (Lipinski definition) is 3. The molecule has 1 saturated heterocycles. The lowest BCUT2D eigenvalue weighted by Crippen LogP contribution is -2.41. The summed E-state index contributed by atoms with van der Waals surface area (Å²) in [6, 6.07) is 16.3. The van der Waals surface area contributed by atoms with Crippen molar-refractivity contribution in [2.45, 2.75) is 19.3 Å². The van der Waals surface area contributed by atoms with Crippen molar-refractivity contribution in [2.75, 3.05) is 24.5 Å². The molecule has 0 bridgehead atoms. The minimum atomic E-state index is 0.0820. The van der Waals surface area contributed by atoms with E-state index in [1.165, 1.54) is 10.9 Å². The second kappa shape index (κ2) is 7.62. The van der Waals surface area contributed by atoms with Crippen LogP contribution in [-0.2, 0) is 11.2 Å². The lowest BCUT2D eigenvalue weighted by molar-refractivity contribution is -0.125. The van der Waals surface area contributed by atoms with Crippen LogP contribution in [0.3, 0.4) is 0 Å². The number of rotatable bonds is 5. The van der Waals surface area contributed by atoms with E-state index in [-0.39, 0.29) is 11.8 Å². The molecule has 4 aromatic rings. The van der Waals surface area contributed by atoms with Gasteiger partial charge in [0.15, 0.2) is 0 Å². The Labute approximate surface area is 169 Å². The standard InChI is InChI=1S/C23H25N5O/c29-22(24-12-9-17-15-25-19-6-2-1-5-18(17)19)16-10-13-28(14-11-16)23-26-20-7-3-4-8-21(20)27-23/h1-8,15-16,25H,9-14H2,(H,24,29)(H,26,27). The maximum absolute atomic E-state index is 12.6. The van der Waals surface area contributed by atoms with Gasteiger partial charge in [-0.3, -0.25) is 4.79 Å². The van der Waals surface area contributed by atoms with Gasteiger partial charge in [0, 0.05) is 42.7 Å². The van der Waals surface area contributed by atoms with E-state index in [4.69, 9.17) is 0 Å². The molecule has 0 radical (unpaired) electrons. The van der Waals surface area contributed by atoms with Crippen LogP contribution < -0.4 is 10.2 Å². The summed E-state index contributed by atoms with van der Waals surface area (Å²) in [6.07, 6.45) is 4.60. The Balaban J connectivity index is 1.13. The molecule has 148 valence electrons. The van der Waals surface area contributed by atoms with E-state index in [1.807, 2.05) is 42.6 Å². The van der Waals surface area contributed by atoms with Crippen LogP contribution in [0.25, 0.3) is 21.9 Å². The number of aromatic amines is 2. The number of anilines is 1. The monoisotopic (exact) mass is 387 g/mol. The Bertz CT molecular complexity index is 1100. The summed E-state index contributed by atoms with van der Waals surface area (Å²) in [6.45, 7) is 2.37. The first kappa shape index (κ1) is 17.8. The molecule has 5 rings (SSSR count). The number of fused-ring (bicyclic) bond motifs is 2. The van der Waals surface area contributed by atoms with Crippen LogP contribution in [0.4, 0.5) is 5.95 Å². The zero-order valence-corrected chi connectivity index (χ0v) is 16.3. The molecule has 6 nitrogen and oxygen atoms in total. The number of H-pyrrole nitrogens is 2. The van der Waals surface area contributed by atoms with Gasteiger partial charge in [-0.15, -0.1) is 0 Å². The number of benzene rings is 2. The van der Waals surface area contributed by atoms with Crippen molar-refractivity contribution in [1.29, 1.82) is 0 Å². The number of carbonyl (C=O) groups is 1. The van der Waals surface area contributed by atoms with Crippen LogP contribution in [0, 0.1) is 5.92 Å². The van der Waals surface area contributed by atoms with E-state index < -0.39 is 0 Å². The van der Waals surface area contributed by atoms with Crippen molar-refractivity contribution in [3.05, 3.63) is 60.3 Å². The average Bonchev–Trinajstić information content (AvgIpc) is 3.38. The molecule has 6 heteroatoms. The number of nitrogens with zero attached hydrogens (tertiary/aromatic N) is 2. The molecular formula is C23H25N5O. The van der Waals surface area contributed by atoms with Crippen LogP contribution in [0.1, 0.15) is 18.4 Å². The van der Waals surface area contributed by atoms with Gasteiger partial charge in [0.2, 0.25) is 11.9 Å².